The van der Waals surface area contributed by atoms with Crippen LogP contribution in [0.2, 0.25) is 0 Å². The maximum absolute atomic E-state index is 12.6. The van der Waals surface area contributed by atoms with Crippen molar-refractivity contribution in [3.63, 3.8) is 0 Å². The monoisotopic (exact) mass is 345 g/mol. The minimum atomic E-state index is -3.56. The molecule has 24 heavy (non-hydrogen) atoms. The Bertz CT molecular complexity index is 778. The van der Waals surface area contributed by atoms with Gasteiger partial charge >= 0.3 is 10.2 Å². The van der Waals surface area contributed by atoms with Crippen LogP contribution in [0.3, 0.4) is 0 Å². The molecule has 2 aromatic rings. The van der Waals surface area contributed by atoms with Gasteiger partial charge in [0.1, 0.15) is 5.82 Å². The molecular formula is C18H23N3O2S. The van der Waals surface area contributed by atoms with E-state index in [1.807, 2.05) is 31.2 Å². The molecule has 3 rings (SSSR count). The van der Waals surface area contributed by atoms with Gasteiger partial charge in [0.2, 0.25) is 0 Å². The van der Waals surface area contributed by atoms with E-state index in [-0.39, 0.29) is 0 Å². The molecule has 0 amide bonds. The predicted molar refractivity (Wildman–Crippen MR) is 96.1 cm³/mol. The summed E-state index contributed by atoms with van der Waals surface area (Å²) in [5.41, 5.74) is 2.08. The number of benzene rings is 1. The summed E-state index contributed by atoms with van der Waals surface area (Å²) in [6.07, 6.45) is 2.71. The lowest BCUT2D eigenvalue weighted by Gasteiger charge is -2.21. The van der Waals surface area contributed by atoms with E-state index in [4.69, 9.17) is 0 Å². The zero-order valence-corrected chi connectivity index (χ0v) is 14.7. The molecule has 0 saturated carbocycles. The van der Waals surface area contributed by atoms with Crippen LogP contribution in [0.25, 0.3) is 0 Å². The van der Waals surface area contributed by atoms with Crippen molar-refractivity contribution in [3.8, 4) is 0 Å². The summed E-state index contributed by atoms with van der Waals surface area (Å²) in [5.74, 6) is 0.794. The van der Waals surface area contributed by atoms with Gasteiger partial charge in [-0.15, -0.1) is 0 Å². The summed E-state index contributed by atoms with van der Waals surface area (Å²) in [5, 5.41) is 0. The molecule has 2 heterocycles. The zero-order chi connectivity index (χ0) is 17.0. The Morgan fingerprint density at radius 3 is 2.58 bits per heavy atom. The lowest BCUT2D eigenvalue weighted by molar-refractivity contribution is 0.425. The van der Waals surface area contributed by atoms with Gasteiger partial charge in [0.15, 0.2) is 0 Å². The van der Waals surface area contributed by atoms with E-state index < -0.39 is 10.2 Å². The smallest absolute Gasteiger partial charge is 0.254 e. The molecule has 1 saturated heterocycles. The van der Waals surface area contributed by atoms with Crippen LogP contribution >= 0.6 is 0 Å². The molecule has 1 atom stereocenters. The van der Waals surface area contributed by atoms with Gasteiger partial charge in [0, 0.05) is 18.8 Å². The summed E-state index contributed by atoms with van der Waals surface area (Å²) in [7, 11) is -3.56. The van der Waals surface area contributed by atoms with E-state index in [2.05, 4.69) is 21.8 Å². The highest BCUT2D eigenvalue weighted by atomic mass is 32.2. The summed E-state index contributed by atoms with van der Waals surface area (Å²) < 4.78 is 29.4. The third-order valence-electron chi connectivity index (χ3n) is 4.42. The Morgan fingerprint density at radius 1 is 1.04 bits per heavy atom. The van der Waals surface area contributed by atoms with Crippen molar-refractivity contribution in [1.82, 2.24) is 9.29 Å². The molecule has 5 nitrogen and oxygen atoms in total. The standard InChI is InChI=1S/C18H23N3O2S/c1-15-7-5-11-18(19-15)20-24(22,23)21-13-6-10-17(12-14-21)16-8-3-2-4-9-16/h2-5,7-9,11,17H,6,10,12-14H2,1H3,(H,19,20). The highest BCUT2D eigenvalue weighted by Crippen LogP contribution is 2.28. The lowest BCUT2D eigenvalue weighted by atomic mass is 9.92. The van der Waals surface area contributed by atoms with Gasteiger partial charge in [0.25, 0.3) is 0 Å². The molecule has 0 spiro atoms. The van der Waals surface area contributed by atoms with Crippen molar-refractivity contribution in [2.45, 2.75) is 32.1 Å². The minimum absolute atomic E-state index is 0.374. The van der Waals surface area contributed by atoms with E-state index in [0.29, 0.717) is 24.8 Å². The maximum Gasteiger partial charge on any atom is 0.302 e. The molecule has 1 aromatic carbocycles. The fraction of sp³-hybridized carbons (Fsp3) is 0.389. The van der Waals surface area contributed by atoms with Crippen LogP contribution in [0, 0.1) is 6.92 Å². The SMILES string of the molecule is Cc1cccc(NS(=O)(=O)N2CCCC(c3ccccc3)CC2)n1. The molecular weight excluding hydrogens is 322 g/mol. The second kappa shape index (κ2) is 7.32. The van der Waals surface area contributed by atoms with Gasteiger partial charge in [-0.2, -0.15) is 12.7 Å². The Hall–Kier alpha value is -1.92. The number of nitrogens with zero attached hydrogens (tertiary/aromatic N) is 2. The molecule has 0 radical (unpaired) electrons. The first-order valence-electron chi connectivity index (χ1n) is 8.31. The van der Waals surface area contributed by atoms with E-state index in [9.17, 15) is 8.42 Å². The number of rotatable bonds is 4. The van der Waals surface area contributed by atoms with E-state index in [0.717, 1.165) is 25.0 Å². The van der Waals surface area contributed by atoms with Crippen molar-refractivity contribution < 1.29 is 8.42 Å². The molecule has 1 unspecified atom stereocenters. The first-order valence-corrected chi connectivity index (χ1v) is 9.75. The number of aryl methyl sites for hydroxylation is 1. The summed E-state index contributed by atoms with van der Waals surface area (Å²) in [4.78, 5) is 4.22. The fourth-order valence-corrected chi connectivity index (χ4v) is 4.39. The molecule has 1 aromatic heterocycles. The molecule has 1 aliphatic rings. The molecule has 1 fully saturated rings. The van der Waals surface area contributed by atoms with Gasteiger partial charge < -0.3 is 0 Å². The normalized spacial score (nSPS) is 19.6. The van der Waals surface area contributed by atoms with Crippen LogP contribution in [0.5, 0.6) is 0 Å². The Labute approximate surface area is 143 Å². The second-order valence-corrected chi connectivity index (χ2v) is 7.88. The van der Waals surface area contributed by atoms with Crippen molar-refractivity contribution >= 4 is 16.0 Å². The number of anilines is 1. The van der Waals surface area contributed by atoms with Gasteiger partial charge in [-0.1, -0.05) is 36.4 Å². The van der Waals surface area contributed by atoms with Crippen LogP contribution in [0.4, 0.5) is 5.82 Å². The maximum atomic E-state index is 12.6. The molecule has 6 heteroatoms. The van der Waals surface area contributed by atoms with Crippen LogP contribution in [-0.4, -0.2) is 30.8 Å². The molecule has 1 aliphatic heterocycles. The molecule has 128 valence electrons. The van der Waals surface area contributed by atoms with Crippen molar-refractivity contribution in [2.24, 2.45) is 0 Å². The molecule has 1 N–H and O–H groups in total. The van der Waals surface area contributed by atoms with Gasteiger partial charge in [-0.3, -0.25) is 4.72 Å². The van der Waals surface area contributed by atoms with Crippen LogP contribution in [0.15, 0.2) is 48.5 Å². The molecule has 0 bridgehead atoms. The largest absolute Gasteiger partial charge is 0.302 e. The Morgan fingerprint density at radius 2 is 1.83 bits per heavy atom. The first kappa shape index (κ1) is 16.9. The zero-order valence-electron chi connectivity index (χ0n) is 13.9. The predicted octanol–water partition coefficient (Wildman–Crippen LogP) is 3.32. The number of aromatic nitrogens is 1. The quantitative estimate of drug-likeness (QED) is 0.925. The average Bonchev–Trinajstić information content (AvgIpc) is 2.82. The van der Waals surface area contributed by atoms with E-state index >= 15 is 0 Å². The highest BCUT2D eigenvalue weighted by molar-refractivity contribution is 7.90. The highest BCUT2D eigenvalue weighted by Gasteiger charge is 2.26. The van der Waals surface area contributed by atoms with Gasteiger partial charge in [0.05, 0.1) is 0 Å². The van der Waals surface area contributed by atoms with E-state index in [1.54, 1.807) is 16.4 Å². The number of hydrogen-bond acceptors (Lipinski definition) is 3. The van der Waals surface area contributed by atoms with Crippen LogP contribution in [0.1, 0.15) is 36.4 Å². The Balaban J connectivity index is 1.68. The fourth-order valence-electron chi connectivity index (χ4n) is 3.17. The summed E-state index contributed by atoms with van der Waals surface area (Å²) in [6.45, 7) is 2.92. The van der Waals surface area contributed by atoms with Crippen molar-refractivity contribution in [2.75, 3.05) is 17.8 Å². The Kier molecular flexibility index (Phi) is 5.16. The van der Waals surface area contributed by atoms with Crippen LogP contribution in [-0.2, 0) is 10.2 Å². The van der Waals surface area contributed by atoms with Crippen molar-refractivity contribution in [3.05, 3.63) is 59.8 Å². The third-order valence-corrected chi connectivity index (χ3v) is 5.93. The summed E-state index contributed by atoms with van der Waals surface area (Å²) in [6, 6.07) is 15.7. The first-order chi connectivity index (χ1) is 11.5. The number of nitrogens with one attached hydrogen (secondary N) is 1. The third kappa shape index (κ3) is 4.13. The second-order valence-electron chi connectivity index (χ2n) is 6.21. The topological polar surface area (TPSA) is 62.3 Å². The van der Waals surface area contributed by atoms with Gasteiger partial charge in [-0.25, -0.2) is 4.98 Å². The average molecular weight is 345 g/mol. The minimum Gasteiger partial charge on any atom is -0.254 e. The van der Waals surface area contributed by atoms with Gasteiger partial charge in [-0.05, 0) is 49.8 Å². The summed E-state index contributed by atoms with van der Waals surface area (Å²) >= 11 is 0. The number of hydrogen-bond donors (Lipinski definition) is 1. The van der Waals surface area contributed by atoms with Crippen molar-refractivity contribution in [1.29, 1.82) is 0 Å². The molecule has 0 aliphatic carbocycles. The van der Waals surface area contributed by atoms with Crippen LogP contribution < -0.4 is 4.72 Å². The van der Waals surface area contributed by atoms with E-state index in [1.165, 1.54) is 5.56 Å². The lowest BCUT2D eigenvalue weighted by Crippen LogP contribution is -2.36. The number of pyridine rings is 1.